The topological polar surface area (TPSA) is 135 Å². The molecular weight excluding hydrogens is 494 g/mol. The number of aldehydes is 1. The van der Waals surface area contributed by atoms with E-state index in [1.165, 1.54) is 12.0 Å². The molecule has 0 aliphatic carbocycles. The third-order valence-electron chi connectivity index (χ3n) is 5.85. The summed E-state index contributed by atoms with van der Waals surface area (Å²) >= 11 is 0. The van der Waals surface area contributed by atoms with Crippen molar-refractivity contribution < 1.29 is 38.5 Å². The SMILES string of the molecule is CNC(C=O)C(C)(C)CCN1CCN(C(=O)OC(C)(C)C)C(C(=O)OC)C1.CO.O=COc1ccccc1. The Balaban J connectivity index is 0.00000103. The van der Waals surface area contributed by atoms with Crippen LogP contribution in [-0.2, 0) is 23.9 Å². The molecule has 2 unspecified atom stereocenters. The van der Waals surface area contributed by atoms with Crippen molar-refractivity contribution in [3.05, 3.63) is 30.3 Å². The van der Waals surface area contributed by atoms with E-state index >= 15 is 0 Å². The second-order valence-electron chi connectivity index (χ2n) is 10.2. The van der Waals surface area contributed by atoms with Gasteiger partial charge in [-0.05, 0) is 58.3 Å². The average molecular weight is 540 g/mol. The van der Waals surface area contributed by atoms with E-state index in [1.54, 1.807) is 52.1 Å². The van der Waals surface area contributed by atoms with Gasteiger partial charge in [0.1, 0.15) is 23.7 Å². The van der Waals surface area contributed by atoms with Crippen molar-refractivity contribution in [3.8, 4) is 5.75 Å². The van der Waals surface area contributed by atoms with Crippen LogP contribution in [0.25, 0.3) is 0 Å². The molecule has 11 nitrogen and oxygen atoms in total. The molecule has 2 rings (SSSR count). The van der Waals surface area contributed by atoms with Crippen LogP contribution >= 0.6 is 0 Å². The van der Waals surface area contributed by atoms with E-state index in [-0.39, 0.29) is 11.5 Å². The van der Waals surface area contributed by atoms with Crippen LogP contribution in [0.2, 0.25) is 0 Å². The number of esters is 1. The van der Waals surface area contributed by atoms with E-state index in [0.29, 0.717) is 38.4 Å². The highest BCUT2D eigenvalue weighted by Gasteiger charge is 2.39. The van der Waals surface area contributed by atoms with Crippen LogP contribution in [0.15, 0.2) is 30.3 Å². The van der Waals surface area contributed by atoms with Gasteiger partial charge >= 0.3 is 12.1 Å². The molecule has 11 heteroatoms. The van der Waals surface area contributed by atoms with Crippen LogP contribution < -0.4 is 10.1 Å². The number of likely N-dealkylation sites (N-methyl/N-ethyl adjacent to an activating group) is 1. The second kappa shape index (κ2) is 17.5. The van der Waals surface area contributed by atoms with Crippen LogP contribution in [0.5, 0.6) is 5.75 Å². The Morgan fingerprint density at radius 3 is 2.18 bits per heavy atom. The highest BCUT2D eigenvalue weighted by Crippen LogP contribution is 2.26. The predicted molar refractivity (Wildman–Crippen MR) is 144 cm³/mol. The first-order valence-electron chi connectivity index (χ1n) is 12.4. The number of carbonyl (C=O) groups excluding carboxylic acids is 4. The van der Waals surface area contributed by atoms with Crippen molar-refractivity contribution in [2.45, 2.75) is 58.7 Å². The van der Waals surface area contributed by atoms with Gasteiger partial charge in [0.25, 0.3) is 6.47 Å². The molecule has 1 saturated heterocycles. The Kier molecular flexibility index (Phi) is 16.1. The van der Waals surface area contributed by atoms with Gasteiger partial charge in [0, 0.05) is 26.7 Å². The van der Waals surface area contributed by atoms with Crippen molar-refractivity contribution in [3.63, 3.8) is 0 Å². The highest BCUT2D eigenvalue weighted by molar-refractivity contribution is 5.82. The zero-order valence-electron chi connectivity index (χ0n) is 23.9. The van der Waals surface area contributed by atoms with Gasteiger partial charge in [-0.1, -0.05) is 32.0 Å². The lowest BCUT2D eigenvalue weighted by Crippen LogP contribution is -2.59. The monoisotopic (exact) mass is 539 g/mol. The van der Waals surface area contributed by atoms with Gasteiger partial charge in [-0.15, -0.1) is 0 Å². The van der Waals surface area contributed by atoms with E-state index in [1.807, 2.05) is 19.9 Å². The van der Waals surface area contributed by atoms with E-state index < -0.39 is 23.7 Å². The standard InChI is InChI=1S/C19H35N3O5.C7H6O2.CH4O/c1-18(2,3)27-17(25)22-11-10-21(12-14(22)16(24)26-7)9-8-19(4,5)15(13-23)20-6;8-6-9-7-4-2-1-3-5-7;1-2/h13-15,20H,8-12H2,1-7H3;1-6H;2H,1H3. The fourth-order valence-corrected chi connectivity index (χ4v) is 3.72. The quantitative estimate of drug-likeness (QED) is 0.355. The lowest BCUT2D eigenvalue weighted by Gasteiger charge is -2.41. The van der Waals surface area contributed by atoms with Crippen LogP contribution in [0.1, 0.15) is 41.0 Å². The molecule has 0 aromatic heterocycles. The molecule has 2 atom stereocenters. The number of nitrogens with one attached hydrogen (secondary N) is 1. The molecule has 0 saturated carbocycles. The summed E-state index contributed by atoms with van der Waals surface area (Å²) in [6.07, 6.45) is 1.20. The molecule has 1 heterocycles. The molecule has 0 spiro atoms. The number of benzene rings is 1. The molecule has 1 aromatic rings. The molecule has 0 radical (unpaired) electrons. The highest BCUT2D eigenvalue weighted by atomic mass is 16.6. The number of methoxy groups -OCH3 is 1. The molecule has 0 bridgehead atoms. The smallest absolute Gasteiger partial charge is 0.411 e. The number of rotatable bonds is 9. The van der Waals surface area contributed by atoms with Crippen molar-refractivity contribution in [2.24, 2.45) is 5.41 Å². The van der Waals surface area contributed by atoms with Crippen LogP contribution in [0.4, 0.5) is 4.79 Å². The number of amides is 1. The number of nitrogens with zero attached hydrogens (tertiary/aromatic N) is 2. The summed E-state index contributed by atoms with van der Waals surface area (Å²) in [7, 11) is 4.09. The molecule has 1 fully saturated rings. The Bertz CT molecular complexity index is 842. The summed E-state index contributed by atoms with van der Waals surface area (Å²) in [4.78, 5) is 49.3. The molecule has 1 aliphatic rings. The van der Waals surface area contributed by atoms with Crippen LogP contribution in [0.3, 0.4) is 0 Å². The van der Waals surface area contributed by atoms with E-state index in [0.717, 1.165) is 19.8 Å². The average Bonchev–Trinajstić information content (AvgIpc) is 2.89. The van der Waals surface area contributed by atoms with Gasteiger partial charge in [-0.2, -0.15) is 0 Å². The van der Waals surface area contributed by atoms with Crippen LogP contribution in [-0.4, -0.2) is 105 Å². The first-order valence-corrected chi connectivity index (χ1v) is 12.4. The Labute approximate surface area is 226 Å². The molecule has 1 aliphatic heterocycles. The lowest BCUT2D eigenvalue weighted by molar-refractivity contribution is -0.149. The van der Waals surface area contributed by atoms with Gasteiger partial charge in [-0.3, -0.25) is 14.6 Å². The van der Waals surface area contributed by atoms with E-state index in [9.17, 15) is 19.2 Å². The zero-order valence-corrected chi connectivity index (χ0v) is 23.9. The number of piperazine rings is 1. The molecule has 2 N–H and O–H groups in total. The number of aliphatic hydroxyl groups is 1. The Morgan fingerprint density at radius 1 is 1.11 bits per heavy atom. The maximum Gasteiger partial charge on any atom is 0.411 e. The largest absolute Gasteiger partial charge is 0.467 e. The molecule has 216 valence electrons. The summed E-state index contributed by atoms with van der Waals surface area (Å²) in [6.45, 7) is 12.0. The van der Waals surface area contributed by atoms with Gasteiger partial charge < -0.3 is 29.4 Å². The van der Waals surface area contributed by atoms with Gasteiger partial charge in [-0.25, -0.2) is 9.59 Å². The fraction of sp³-hybridized carbons (Fsp3) is 0.630. The van der Waals surface area contributed by atoms with Gasteiger partial charge in [0.05, 0.1) is 13.2 Å². The fourth-order valence-electron chi connectivity index (χ4n) is 3.72. The number of carbonyl (C=O) groups is 4. The summed E-state index contributed by atoms with van der Waals surface area (Å²) in [5, 5.41) is 10.0. The Morgan fingerprint density at radius 2 is 1.71 bits per heavy atom. The second-order valence-corrected chi connectivity index (χ2v) is 10.2. The maximum atomic E-state index is 12.5. The molecule has 1 aromatic carbocycles. The lowest BCUT2D eigenvalue weighted by atomic mass is 9.81. The third kappa shape index (κ3) is 12.5. The minimum Gasteiger partial charge on any atom is -0.467 e. The van der Waals surface area contributed by atoms with Crippen LogP contribution in [0, 0.1) is 5.41 Å². The van der Waals surface area contributed by atoms with Crippen molar-refractivity contribution in [2.75, 3.05) is 47.4 Å². The minimum atomic E-state index is -0.701. The van der Waals surface area contributed by atoms with Crippen molar-refractivity contribution in [1.82, 2.24) is 15.1 Å². The summed E-state index contributed by atoms with van der Waals surface area (Å²) in [6, 6.07) is 7.96. The van der Waals surface area contributed by atoms with Gasteiger partial charge in [0.2, 0.25) is 0 Å². The minimum absolute atomic E-state index is 0.223. The number of hydrogen-bond acceptors (Lipinski definition) is 10. The number of hydrogen-bond donors (Lipinski definition) is 2. The zero-order chi connectivity index (χ0) is 29.4. The van der Waals surface area contributed by atoms with Gasteiger partial charge in [0.15, 0.2) is 0 Å². The first-order chi connectivity index (χ1) is 17.9. The molecule has 1 amide bonds. The predicted octanol–water partition coefficient (Wildman–Crippen LogP) is 2.11. The third-order valence-corrected chi connectivity index (χ3v) is 5.85. The van der Waals surface area contributed by atoms with E-state index in [4.69, 9.17) is 14.6 Å². The maximum absolute atomic E-state index is 12.5. The molecular formula is C27H45N3O8. The van der Waals surface area contributed by atoms with E-state index in [2.05, 4.69) is 15.0 Å². The summed E-state index contributed by atoms with van der Waals surface area (Å²) < 4.78 is 14.8. The normalized spacial score (nSPS) is 16.4. The summed E-state index contributed by atoms with van der Waals surface area (Å²) in [5.74, 6) is 0.123. The molecule has 38 heavy (non-hydrogen) atoms. The van der Waals surface area contributed by atoms with Crippen molar-refractivity contribution >= 4 is 24.8 Å². The van der Waals surface area contributed by atoms with Crippen molar-refractivity contribution in [1.29, 1.82) is 0 Å². The first kappa shape index (κ1) is 35.0. The Hall–Kier alpha value is -3.02. The number of ether oxygens (including phenoxy) is 3. The number of para-hydroxylation sites is 1. The number of aliphatic hydroxyl groups excluding tert-OH is 1. The summed E-state index contributed by atoms with van der Waals surface area (Å²) in [5.41, 5.74) is -0.852.